The smallest absolute Gasteiger partial charge is 0.194 e. The molecule has 0 aliphatic carbocycles. The third-order valence-corrected chi connectivity index (χ3v) is 4.55. The van der Waals surface area contributed by atoms with E-state index in [-0.39, 0.29) is 5.78 Å². The van der Waals surface area contributed by atoms with Gasteiger partial charge in [-0.3, -0.25) is 4.79 Å². The minimum atomic E-state index is -0.108. The first-order valence-electron chi connectivity index (χ1n) is 7.03. The average Bonchev–Trinajstić information content (AvgIpc) is 3.02. The standard InChI is InChI=1S/C17H14BrClO3/c1-2-21-11-5-3-10(4-6-11)16(20)13-9-14(18)17-12(15(13)19)7-8-22-17/h3-6,9H,2,7-8H2,1H3. The van der Waals surface area contributed by atoms with Gasteiger partial charge in [0.05, 0.1) is 22.7 Å². The monoisotopic (exact) mass is 380 g/mol. The first kappa shape index (κ1) is 15.4. The molecular formula is C17H14BrClO3. The lowest BCUT2D eigenvalue weighted by molar-refractivity contribution is 0.103. The highest BCUT2D eigenvalue weighted by Gasteiger charge is 2.25. The number of hydrogen-bond donors (Lipinski definition) is 0. The summed E-state index contributed by atoms with van der Waals surface area (Å²) < 4.78 is 11.7. The molecule has 1 aliphatic rings. The topological polar surface area (TPSA) is 35.5 Å². The molecule has 3 nitrogen and oxygen atoms in total. The SMILES string of the molecule is CCOc1ccc(C(=O)c2cc(Br)c3c(c2Cl)CCO3)cc1. The molecule has 0 unspecified atom stereocenters. The Morgan fingerprint density at radius 2 is 2.09 bits per heavy atom. The predicted octanol–water partition coefficient (Wildman–Crippen LogP) is 4.67. The molecule has 0 atom stereocenters. The summed E-state index contributed by atoms with van der Waals surface area (Å²) in [4.78, 5) is 12.7. The highest BCUT2D eigenvalue weighted by atomic mass is 79.9. The number of carbonyl (C=O) groups excluding carboxylic acids is 1. The maximum atomic E-state index is 12.7. The fourth-order valence-corrected chi connectivity index (χ4v) is 3.39. The summed E-state index contributed by atoms with van der Waals surface area (Å²) in [5.74, 6) is 1.38. The van der Waals surface area contributed by atoms with Crippen LogP contribution in [-0.4, -0.2) is 19.0 Å². The lowest BCUT2D eigenvalue weighted by atomic mass is 10.00. The summed E-state index contributed by atoms with van der Waals surface area (Å²) >= 11 is 9.86. The lowest BCUT2D eigenvalue weighted by Gasteiger charge is -2.10. The lowest BCUT2D eigenvalue weighted by Crippen LogP contribution is -2.04. The molecular weight excluding hydrogens is 368 g/mol. The molecule has 1 aliphatic heterocycles. The van der Waals surface area contributed by atoms with Gasteiger partial charge in [-0.25, -0.2) is 0 Å². The van der Waals surface area contributed by atoms with Gasteiger partial charge in [0, 0.05) is 23.1 Å². The van der Waals surface area contributed by atoms with Crippen molar-refractivity contribution in [3.8, 4) is 11.5 Å². The van der Waals surface area contributed by atoms with Crippen molar-refractivity contribution in [3.05, 3.63) is 56.5 Å². The van der Waals surface area contributed by atoms with Crippen LogP contribution in [0.1, 0.15) is 28.4 Å². The zero-order valence-electron chi connectivity index (χ0n) is 12.0. The molecule has 3 rings (SSSR count). The van der Waals surface area contributed by atoms with Crippen LogP contribution in [0.15, 0.2) is 34.8 Å². The maximum absolute atomic E-state index is 12.7. The van der Waals surface area contributed by atoms with E-state index in [1.165, 1.54) is 0 Å². The zero-order valence-corrected chi connectivity index (χ0v) is 14.3. The van der Waals surface area contributed by atoms with E-state index in [4.69, 9.17) is 21.1 Å². The van der Waals surface area contributed by atoms with Gasteiger partial charge >= 0.3 is 0 Å². The van der Waals surface area contributed by atoms with Crippen molar-refractivity contribution in [2.75, 3.05) is 13.2 Å². The summed E-state index contributed by atoms with van der Waals surface area (Å²) in [6.07, 6.45) is 0.719. The van der Waals surface area contributed by atoms with Gasteiger partial charge < -0.3 is 9.47 Å². The van der Waals surface area contributed by atoms with Crippen LogP contribution in [0.3, 0.4) is 0 Å². The van der Waals surface area contributed by atoms with Crippen molar-refractivity contribution in [1.29, 1.82) is 0 Å². The molecule has 0 aromatic heterocycles. The van der Waals surface area contributed by atoms with E-state index in [1.54, 1.807) is 30.3 Å². The van der Waals surface area contributed by atoms with Gasteiger partial charge in [0.15, 0.2) is 5.78 Å². The molecule has 22 heavy (non-hydrogen) atoms. The Labute approximate surface area is 142 Å². The number of benzene rings is 2. The van der Waals surface area contributed by atoms with Crippen LogP contribution in [0.2, 0.25) is 5.02 Å². The van der Waals surface area contributed by atoms with Crippen molar-refractivity contribution in [2.24, 2.45) is 0 Å². The molecule has 0 N–H and O–H groups in total. The van der Waals surface area contributed by atoms with Gasteiger partial charge in [-0.15, -0.1) is 0 Å². The normalized spacial score (nSPS) is 12.7. The van der Waals surface area contributed by atoms with Gasteiger partial charge in [-0.2, -0.15) is 0 Å². The Morgan fingerprint density at radius 3 is 2.77 bits per heavy atom. The molecule has 2 aromatic carbocycles. The van der Waals surface area contributed by atoms with E-state index < -0.39 is 0 Å². The highest BCUT2D eigenvalue weighted by Crippen LogP contribution is 2.41. The Morgan fingerprint density at radius 1 is 1.36 bits per heavy atom. The van der Waals surface area contributed by atoms with Crippen molar-refractivity contribution in [2.45, 2.75) is 13.3 Å². The van der Waals surface area contributed by atoms with Crippen LogP contribution in [0, 0.1) is 0 Å². The first-order valence-corrected chi connectivity index (χ1v) is 8.20. The van der Waals surface area contributed by atoms with Crippen LogP contribution in [-0.2, 0) is 6.42 Å². The van der Waals surface area contributed by atoms with Gasteiger partial charge in [0.2, 0.25) is 0 Å². The second-order valence-electron chi connectivity index (χ2n) is 4.91. The average molecular weight is 382 g/mol. The number of hydrogen-bond acceptors (Lipinski definition) is 3. The van der Waals surface area contributed by atoms with Gasteiger partial charge in [0.25, 0.3) is 0 Å². The fourth-order valence-electron chi connectivity index (χ4n) is 2.49. The van der Waals surface area contributed by atoms with E-state index in [0.29, 0.717) is 29.4 Å². The third kappa shape index (κ3) is 2.73. The molecule has 0 spiro atoms. The van der Waals surface area contributed by atoms with E-state index in [9.17, 15) is 4.79 Å². The molecule has 0 radical (unpaired) electrons. The van der Waals surface area contributed by atoms with Gasteiger partial charge in [-0.1, -0.05) is 11.6 Å². The van der Waals surface area contributed by atoms with Crippen molar-refractivity contribution in [1.82, 2.24) is 0 Å². The summed E-state index contributed by atoms with van der Waals surface area (Å²) in [7, 11) is 0. The van der Waals surface area contributed by atoms with Crippen LogP contribution in [0.5, 0.6) is 11.5 Å². The number of halogens is 2. The highest BCUT2D eigenvalue weighted by molar-refractivity contribution is 9.10. The molecule has 0 bridgehead atoms. The molecule has 2 aromatic rings. The number of carbonyl (C=O) groups is 1. The van der Waals surface area contributed by atoms with Crippen LogP contribution < -0.4 is 9.47 Å². The van der Waals surface area contributed by atoms with Crippen LogP contribution >= 0.6 is 27.5 Å². The molecule has 0 saturated heterocycles. The number of ether oxygens (including phenoxy) is 2. The first-order chi connectivity index (χ1) is 10.6. The fraction of sp³-hybridized carbons (Fsp3) is 0.235. The largest absolute Gasteiger partial charge is 0.494 e. The second kappa shape index (κ2) is 6.31. The van der Waals surface area contributed by atoms with Crippen molar-refractivity contribution < 1.29 is 14.3 Å². The molecule has 5 heteroatoms. The van der Waals surface area contributed by atoms with E-state index in [1.807, 2.05) is 6.92 Å². The predicted molar refractivity (Wildman–Crippen MR) is 89.4 cm³/mol. The van der Waals surface area contributed by atoms with Gasteiger partial charge in [0.1, 0.15) is 11.5 Å². The minimum Gasteiger partial charge on any atom is -0.494 e. The molecule has 114 valence electrons. The summed E-state index contributed by atoms with van der Waals surface area (Å²) in [6, 6.07) is 8.81. The molecule has 1 heterocycles. The van der Waals surface area contributed by atoms with E-state index in [0.717, 1.165) is 28.0 Å². The number of ketones is 1. The van der Waals surface area contributed by atoms with Crippen LogP contribution in [0.4, 0.5) is 0 Å². The van der Waals surface area contributed by atoms with Gasteiger partial charge in [-0.05, 0) is 53.2 Å². The summed E-state index contributed by atoms with van der Waals surface area (Å²) in [6.45, 7) is 3.11. The Hall–Kier alpha value is -1.52. The molecule has 0 fully saturated rings. The third-order valence-electron chi connectivity index (χ3n) is 3.53. The maximum Gasteiger partial charge on any atom is 0.194 e. The Balaban J connectivity index is 1.97. The minimum absolute atomic E-state index is 0.108. The summed E-state index contributed by atoms with van der Waals surface area (Å²) in [5, 5.41) is 0.481. The zero-order chi connectivity index (χ0) is 15.7. The summed E-state index contributed by atoms with van der Waals surface area (Å²) in [5.41, 5.74) is 1.96. The van der Waals surface area contributed by atoms with Crippen molar-refractivity contribution in [3.63, 3.8) is 0 Å². The quantitative estimate of drug-likeness (QED) is 0.722. The Kier molecular flexibility index (Phi) is 4.41. The van der Waals surface area contributed by atoms with Crippen LogP contribution in [0.25, 0.3) is 0 Å². The number of rotatable bonds is 4. The van der Waals surface area contributed by atoms with Crippen molar-refractivity contribution >= 4 is 33.3 Å². The van der Waals surface area contributed by atoms with E-state index in [2.05, 4.69) is 15.9 Å². The second-order valence-corrected chi connectivity index (χ2v) is 6.14. The Bertz CT molecular complexity index is 726. The van der Waals surface area contributed by atoms with E-state index >= 15 is 0 Å². The number of fused-ring (bicyclic) bond motifs is 1. The molecule has 0 saturated carbocycles. The molecule has 0 amide bonds.